The van der Waals surface area contributed by atoms with Crippen LogP contribution in [0.1, 0.15) is 35.7 Å². The molecular formula is C17H19NO2. The van der Waals surface area contributed by atoms with Gasteiger partial charge in [0, 0.05) is 5.56 Å². The van der Waals surface area contributed by atoms with E-state index in [9.17, 15) is 4.79 Å². The minimum absolute atomic E-state index is 0.433. The Bertz CT molecular complexity index is 559. The van der Waals surface area contributed by atoms with Crippen molar-refractivity contribution < 1.29 is 9.53 Å². The normalized spacial score (nSPS) is 10.2. The van der Waals surface area contributed by atoms with Crippen molar-refractivity contribution in [2.45, 2.75) is 26.2 Å². The summed E-state index contributed by atoms with van der Waals surface area (Å²) in [6.45, 7) is 2.19. The predicted molar refractivity (Wildman–Crippen MR) is 80.1 cm³/mol. The molecule has 0 saturated heterocycles. The lowest BCUT2D eigenvalue weighted by Crippen LogP contribution is -2.10. The summed E-state index contributed by atoms with van der Waals surface area (Å²) in [6.07, 6.45) is 3.50. The summed E-state index contributed by atoms with van der Waals surface area (Å²) >= 11 is 0. The minimum atomic E-state index is -0.433. The van der Waals surface area contributed by atoms with E-state index in [1.807, 2.05) is 12.1 Å². The third-order valence-electron chi connectivity index (χ3n) is 3.12. The molecule has 2 aromatic rings. The molecule has 3 nitrogen and oxygen atoms in total. The third-order valence-corrected chi connectivity index (χ3v) is 3.12. The molecular weight excluding hydrogens is 250 g/mol. The molecule has 104 valence electrons. The van der Waals surface area contributed by atoms with E-state index in [0.717, 1.165) is 12.2 Å². The number of carbonyl (C=O) groups is 1. The van der Waals surface area contributed by atoms with E-state index < -0.39 is 5.91 Å². The number of hydrogen-bond acceptors (Lipinski definition) is 2. The number of primary amides is 1. The van der Waals surface area contributed by atoms with Gasteiger partial charge in [0.2, 0.25) is 5.91 Å². The van der Waals surface area contributed by atoms with Gasteiger partial charge in [0.1, 0.15) is 11.5 Å². The van der Waals surface area contributed by atoms with Crippen molar-refractivity contribution in [3.8, 4) is 11.5 Å². The molecule has 0 aromatic heterocycles. The van der Waals surface area contributed by atoms with Gasteiger partial charge in [0.05, 0.1) is 0 Å². The zero-order valence-corrected chi connectivity index (χ0v) is 11.6. The van der Waals surface area contributed by atoms with Crippen LogP contribution in [0.2, 0.25) is 0 Å². The first-order chi connectivity index (χ1) is 9.69. The number of hydrogen-bond donors (Lipinski definition) is 1. The number of nitrogens with two attached hydrogens (primary N) is 1. The second-order valence-electron chi connectivity index (χ2n) is 4.74. The van der Waals surface area contributed by atoms with Gasteiger partial charge in [0.25, 0.3) is 0 Å². The van der Waals surface area contributed by atoms with E-state index in [-0.39, 0.29) is 0 Å². The largest absolute Gasteiger partial charge is 0.457 e. The summed E-state index contributed by atoms with van der Waals surface area (Å²) in [5.41, 5.74) is 6.99. The highest BCUT2D eigenvalue weighted by Gasteiger charge is 2.01. The van der Waals surface area contributed by atoms with Gasteiger partial charge in [-0.1, -0.05) is 25.5 Å². The van der Waals surface area contributed by atoms with Crippen molar-refractivity contribution >= 4 is 5.91 Å². The van der Waals surface area contributed by atoms with Gasteiger partial charge in [-0.15, -0.1) is 0 Å². The molecule has 0 unspecified atom stereocenters. The fourth-order valence-corrected chi connectivity index (χ4v) is 1.93. The quantitative estimate of drug-likeness (QED) is 0.864. The number of unbranched alkanes of at least 4 members (excludes halogenated alkanes) is 1. The average Bonchev–Trinajstić information content (AvgIpc) is 2.47. The van der Waals surface area contributed by atoms with Crippen LogP contribution in [0, 0.1) is 0 Å². The number of carbonyl (C=O) groups excluding carboxylic acids is 1. The fourth-order valence-electron chi connectivity index (χ4n) is 1.93. The van der Waals surface area contributed by atoms with Crippen LogP contribution in [0.25, 0.3) is 0 Å². The summed E-state index contributed by atoms with van der Waals surface area (Å²) in [7, 11) is 0. The maximum absolute atomic E-state index is 11.0. The monoisotopic (exact) mass is 269 g/mol. The molecule has 20 heavy (non-hydrogen) atoms. The number of rotatable bonds is 6. The van der Waals surface area contributed by atoms with Crippen LogP contribution in [-0.4, -0.2) is 5.91 Å². The molecule has 0 aliphatic rings. The Balaban J connectivity index is 2.00. The first-order valence-corrected chi connectivity index (χ1v) is 6.85. The summed E-state index contributed by atoms with van der Waals surface area (Å²) in [4.78, 5) is 11.0. The van der Waals surface area contributed by atoms with Crippen LogP contribution in [0.15, 0.2) is 48.5 Å². The molecule has 0 radical (unpaired) electrons. The number of aryl methyl sites for hydroxylation is 1. The van der Waals surface area contributed by atoms with E-state index in [0.29, 0.717) is 11.3 Å². The van der Waals surface area contributed by atoms with Gasteiger partial charge in [-0.25, -0.2) is 0 Å². The standard InChI is InChI=1S/C17H19NO2/c1-2-3-4-13-5-9-15(10-6-13)20-16-11-7-14(8-12-16)17(18)19/h5-12H,2-4H2,1H3,(H2,18,19). The Morgan fingerprint density at radius 2 is 1.55 bits per heavy atom. The van der Waals surface area contributed by atoms with Gasteiger partial charge >= 0.3 is 0 Å². The Kier molecular flexibility index (Phi) is 4.77. The van der Waals surface area contributed by atoms with Crippen molar-refractivity contribution in [3.05, 3.63) is 59.7 Å². The first kappa shape index (κ1) is 14.1. The molecule has 2 aromatic carbocycles. The molecule has 0 aliphatic carbocycles. The fraction of sp³-hybridized carbons (Fsp3) is 0.235. The SMILES string of the molecule is CCCCc1ccc(Oc2ccc(C(N)=O)cc2)cc1. The maximum atomic E-state index is 11.0. The molecule has 0 bridgehead atoms. The van der Waals surface area contributed by atoms with Gasteiger partial charge < -0.3 is 10.5 Å². The van der Waals surface area contributed by atoms with Crippen molar-refractivity contribution in [1.29, 1.82) is 0 Å². The van der Waals surface area contributed by atoms with E-state index >= 15 is 0 Å². The number of amides is 1. The first-order valence-electron chi connectivity index (χ1n) is 6.85. The molecule has 1 amide bonds. The highest BCUT2D eigenvalue weighted by Crippen LogP contribution is 2.22. The lowest BCUT2D eigenvalue weighted by Gasteiger charge is -2.07. The maximum Gasteiger partial charge on any atom is 0.248 e. The van der Waals surface area contributed by atoms with E-state index in [1.54, 1.807) is 24.3 Å². The van der Waals surface area contributed by atoms with Crippen LogP contribution < -0.4 is 10.5 Å². The van der Waals surface area contributed by atoms with Crippen molar-refractivity contribution in [2.75, 3.05) is 0 Å². The number of ether oxygens (including phenoxy) is 1. The van der Waals surface area contributed by atoms with Crippen molar-refractivity contribution in [1.82, 2.24) is 0 Å². The van der Waals surface area contributed by atoms with Crippen LogP contribution in [-0.2, 0) is 6.42 Å². The molecule has 3 heteroatoms. The molecule has 0 spiro atoms. The predicted octanol–water partition coefficient (Wildman–Crippen LogP) is 3.92. The lowest BCUT2D eigenvalue weighted by atomic mass is 10.1. The molecule has 0 heterocycles. The lowest BCUT2D eigenvalue weighted by molar-refractivity contribution is 0.100. The topological polar surface area (TPSA) is 52.3 Å². The smallest absolute Gasteiger partial charge is 0.248 e. The van der Waals surface area contributed by atoms with E-state index in [4.69, 9.17) is 10.5 Å². The second kappa shape index (κ2) is 6.75. The van der Waals surface area contributed by atoms with Gasteiger partial charge in [-0.3, -0.25) is 4.79 Å². The Morgan fingerprint density at radius 3 is 2.05 bits per heavy atom. The Labute approximate surface area is 119 Å². The van der Waals surface area contributed by atoms with Crippen LogP contribution in [0.4, 0.5) is 0 Å². The van der Waals surface area contributed by atoms with Crippen molar-refractivity contribution in [2.24, 2.45) is 5.73 Å². The van der Waals surface area contributed by atoms with Crippen LogP contribution >= 0.6 is 0 Å². The molecule has 0 aliphatic heterocycles. The molecule has 0 atom stereocenters. The third kappa shape index (κ3) is 3.85. The van der Waals surface area contributed by atoms with E-state index in [2.05, 4.69) is 19.1 Å². The highest BCUT2D eigenvalue weighted by molar-refractivity contribution is 5.92. The van der Waals surface area contributed by atoms with Gasteiger partial charge in [-0.05, 0) is 54.8 Å². The van der Waals surface area contributed by atoms with Gasteiger partial charge in [-0.2, -0.15) is 0 Å². The molecule has 2 N–H and O–H groups in total. The number of benzene rings is 2. The molecule has 0 saturated carbocycles. The zero-order valence-electron chi connectivity index (χ0n) is 11.6. The summed E-state index contributed by atoms with van der Waals surface area (Å²) in [5, 5.41) is 0. The van der Waals surface area contributed by atoms with Gasteiger partial charge in [0.15, 0.2) is 0 Å². The second-order valence-corrected chi connectivity index (χ2v) is 4.74. The van der Waals surface area contributed by atoms with Crippen LogP contribution in [0.5, 0.6) is 11.5 Å². The summed E-state index contributed by atoms with van der Waals surface area (Å²) in [5.74, 6) is 1.05. The highest BCUT2D eigenvalue weighted by atomic mass is 16.5. The van der Waals surface area contributed by atoms with Crippen molar-refractivity contribution in [3.63, 3.8) is 0 Å². The zero-order chi connectivity index (χ0) is 14.4. The average molecular weight is 269 g/mol. The summed E-state index contributed by atoms with van der Waals surface area (Å²) in [6, 6.07) is 14.9. The molecule has 2 rings (SSSR count). The van der Waals surface area contributed by atoms with Crippen LogP contribution in [0.3, 0.4) is 0 Å². The Hall–Kier alpha value is -2.29. The summed E-state index contributed by atoms with van der Waals surface area (Å²) < 4.78 is 5.72. The van der Waals surface area contributed by atoms with E-state index in [1.165, 1.54) is 18.4 Å². The Morgan fingerprint density at radius 1 is 1.00 bits per heavy atom. The minimum Gasteiger partial charge on any atom is -0.457 e. The molecule has 0 fully saturated rings.